The number of anilines is 1. The van der Waals surface area contributed by atoms with Crippen LogP contribution in [-0.2, 0) is 12.8 Å². The highest BCUT2D eigenvalue weighted by molar-refractivity contribution is 6.05. The highest BCUT2D eigenvalue weighted by Gasteiger charge is 2.14. The van der Waals surface area contributed by atoms with Crippen molar-refractivity contribution in [3.63, 3.8) is 0 Å². The second-order valence-corrected chi connectivity index (χ2v) is 7.66. The highest BCUT2D eigenvalue weighted by Crippen LogP contribution is 2.18. The van der Waals surface area contributed by atoms with Crippen molar-refractivity contribution < 1.29 is 4.79 Å². The van der Waals surface area contributed by atoms with Crippen LogP contribution in [0.15, 0.2) is 48.5 Å². The summed E-state index contributed by atoms with van der Waals surface area (Å²) in [6.45, 7) is 4.45. The molecule has 0 aliphatic rings. The number of rotatable bonds is 12. The SMILES string of the molecule is CCCCCCc1ccc(C(=O)N(N)c2ccc(CCCCCC)cc2)cc1. The molecule has 0 aliphatic heterocycles. The summed E-state index contributed by atoms with van der Waals surface area (Å²) in [5.74, 6) is 5.92. The zero-order chi connectivity index (χ0) is 20.2. The molecular formula is C25H36N2O. The predicted molar refractivity (Wildman–Crippen MR) is 120 cm³/mol. The van der Waals surface area contributed by atoms with E-state index in [2.05, 4.69) is 26.0 Å². The fourth-order valence-corrected chi connectivity index (χ4v) is 3.41. The first-order chi connectivity index (χ1) is 13.7. The molecule has 0 atom stereocenters. The Labute approximate surface area is 170 Å². The highest BCUT2D eigenvalue weighted by atomic mass is 16.2. The molecule has 0 radical (unpaired) electrons. The third kappa shape index (κ3) is 7.12. The maximum Gasteiger partial charge on any atom is 0.272 e. The molecule has 0 fully saturated rings. The number of nitrogens with two attached hydrogens (primary N) is 1. The van der Waals surface area contributed by atoms with Crippen molar-refractivity contribution in [3.05, 3.63) is 65.2 Å². The van der Waals surface area contributed by atoms with E-state index < -0.39 is 0 Å². The Kier molecular flexibility index (Phi) is 9.78. The molecule has 0 saturated heterocycles. The first-order valence-electron chi connectivity index (χ1n) is 10.9. The molecular weight excluding hydrogens is 344 g/mol. The number of carbonyl (C=O) groups excluding carboxylic acids is 1. The van der Waals surface area contributed by atoms with Gasteiger partial charge in [0.05, 0.1) is 5.69 Å². The molecule has 0 unspecified atom stereocenters. The van der Waals surface area contributed by atoms with Crippen molar-refractivity contribution >= 4 is 11.6 Å². The van der Waals surface area contributed by atoms with E-state index >= 15 is 0 Å². The van der Waals surface area contributed by atoms with E-state index in [1.165, 1.54) is 67.5 Å². The standard InChI is InChI=1S/C25H36N2O/c1-3-5-7-9-11-21-13-17-23(18-14-21)25(28)27(26)24-19-15-22(16-20-24)12-10-8-6-4-2/h13-20H,3-12,26H2,1-2H3. The minimum Gasteiger partial charge on any atom is -0.267 e. The molecule has 2 N–H and O–H groups in total. The maximum atomic E-state index is 12.7. The van der Waals surface area contributed by atoms with Crippen LogP contribution in [0, 0.1) is 0 Å². The van der Waals surface area contributed by atoms with E-state index in [-0.39, 0.29) is 5.91 Å². The molecule has 2 rings (SSSR count). The van der Waals surface area contributed by atoms with E-state index in [0.717, 1.165) is 18.5 Å². The number of hydrogen-bond donors (Lipinski definition) is 1. The van der Waals surface area contributed by atoms with Gasteiger partial charge in [-0.15, -0.1) is 0 Å². The van der Waals surface area contributed by atoms with Gasteiger partial charge in [0.2, 0.25) is 0 Å². The van der Waals surface area contributed by atoms with Crippen LogP contribution < -0.4 is 10.9 Å². The number of benzene rings is 2. The average Bonchev–Trinajstić information content (AvgIpc) is 2.74. The molecule has 0 aliphatic carbocycles. The van der Waals surface area contributed by atoms with Crippen LogP contribution in [0.5, 0.6) is 0 Å². The molecule has 3 nitrogen and oxygen atoms in total. The third-order valence-corrected chi connectivity index (χ3v) is 5.27. The topological polar surface area (TPSA) is 46.3 Å². The van der Waals surface area contributed by atoms with Gasteiger partial charge in [-0.2, -0.15) is 0 Å². The summed E-state index contributed by atoms with van der Waals surface area (Å²) >= 11 is 0. The molecule has 3 heteroatoms. The van der Waals surface area contributed by atoms with E-state index in [1.54, 1.807) is 0 Å². The van der Waals surface area contributed by atoms with Crippen LogP contribution in [0.2, 0.25) is 0 Å². The minimum absolute atomic E-state index is 0.173. The summed E-state index contributed by atoms with van der Waals surface area (Å²) in [7, 11) is 0. The number of unbranched alkanes of at least 4 members (excludes halogenated alkanes) is 6. The van der Waals surface area contributed by atoms with Gasteiger partial charge in [-0.3, -0.25) is 4.79 Å². The minimum atomic E-state index is -0.173. The van der Waals surface area contributed by atoms with Gasteiger partial charge in [0.25, 0.3) is 5.91 Å². The summed E-state index contributed by atoms with van der Waals surface area (Å²) in [4.78, 5) is 12.7. The lowest BCUT2D eigenvalue weighted by Gasteiger charge is -2.17. The van der Waals surface area contributed by atoms with E-state index in [9.17, 15) is 4.79 Å². The summed E-state index contributed by atoms with van der Waals surface area (Å²) in [5.41, 5.74) is 3.94. The molecule has 152 valence electrons. The van der Waals surface area contributed by atoms with Crippen LogP contribution in [0.3, 0.4) is 0 Å². The number of amides is 1. The fourth-order valence-electron chi connectivity index (χ4n) is 3.41. The van der Waals surface area contributed by atoms with Gasteiger partial charge in [-0.1, -0.05) is 76.6 Å². The molecule has 1 amide bonds. The largest absolute Gasteiger partial charge is 0.272 e. The monoisotopic (exact) mass is 380 g/mol. The predicted octanol–water partition coefficient (Wildman–Crippen LogP) is 6.45. The van der Waals surface area contributed by atoms with Gasteiger partial charge in [-0.05, 0) is 61.1 Å². The second kappa shape index (κ2) is 12.4. The van der Waals surface area contributed by atoms with E-state index in [0.29, 0.717) is 5.56 Å². The molecule has 2 aromatic rings. The van der Waals surface area contributed by atoms with Gasteiger partial charge in [0.1, 0.15) is 0 Å². The Morgan fingerprint density at radius 3 is 1.64 bits per heavy atom. The first kappa shape index (κ1) is 22.2. The fraction of sp³-hybridized carbons (Fsp3) is 0.480. The van der Waals surface area contributed by atoms with Crippen molar-refractivity contribution in [2.75, 3.05) is 5.01 Å². The van der Waals surface area contributed by atoms with Crippen molar-refractivity contribution in [1.29, 1.82) is 0 Å². The second-order valence-electron chi connectivity index (χ2n) is 7.66. The lowest BCUT2D eigenvalue weighted by molar-refractivity contribution is 0.0987. The van der Waals surface area contributed by atoms with Crippen molar-refractivity contribution in [2.24, 2.45) is 5.84 Å². The van der Waals surface area contributed by atoms with Gasteiger partial charge in [0, 0.05) is 5.56 Å². The molecule has 0 bridgehead atoms. The van der Waals surface area contributed by atoms with Crippen molar-refractivity contribution in [1.82, 2.24) is 0 Å². The van der Waals surface area contributed by atoms with Crippen LogP contribution in [0.25, 0.3) is 0 Å². The molecule has 0 aromatic heterocycles. The third-order valence-electron chi connectivity index (χ3n) is 5.27. The number of aryl methyl sites for hydroxylation is 2. The quantitative estimate of drug-likeness (QED) is 0.199. The Balaban J connectivity index is 1.88. The molecule has 0 heterocycles. The number of carbonyl (C=O) groups is 1. The van der Waals surface area contributed by atoms with E-state index in [1.807, 2.05) is 36.4 Å². The maximum absolute atomic E-state index is 12.7. The summed E-state index contributed by atoms with van der Waals surface area (Å²) in [6, 6.07) is 15.9. The zero-order valence-corrected chi connectivity index (χ0v) is 17.6. The lowest BCUT2D eigenvalue weighted by atomic mass is 10.0. The lowest BCUT2D eigenvalue weighted by Crippen LogP contribution is -2.37. The summed E-state index contributed by atoms with van der Waals surface area (Å²) in [5, 5.41) is 1.25. The van der Waals surface area contributed by atoms with Crippen molar-refractivity contribution in [2.45, 2.75) is 78.1 Å². The number of hydrogen-bond acceptors (Lipinski definition) is 2. The summed E-state index contributed by atoms with van der Waals surface area (Å²) in [6.07, 6.45) is 12.2. The Morgan fingerprint density at radius 2 is 1.18 bits per heavy atom. The average molecular weight is 381 g/mol. The van der Waals surface area contributed by atoms with Crippen LogP contribution in [-0.4, -0.2) is 5.91 Å². The first-order valence-corrected chi connectivity index (χ1v) is 10.9. The molecule has 0 saturated carbocycles. The number of nitrogens with zero attached hydrogens (tertiary/aromatic N) is 1. The molecule has 2 aromatic carbocycles. The summed E-state index contributed by atoms with van der Waals surface area (Å²) < 4.78 is 0. The smallest absolute Gasteiger partial charge is 0.267 e. The Hall–Kier alpha value is -2.13. The Morgan fingerprint density at radius 1 is 0.714 bits per heavy atom. The van der Waals surface area contributed by atoms with Gasteiger partial charge in [-0.25, -0.2) is 10.9 Å². The zero-order valence-electron chi connectivity index (χ0n) is 17.6. The van der Waals surface area contributed by atoms with Crippen molar-refractivity contribution in [3.8, 4) is 0 Å². The van der Waals surface area contributed by atoms with E-state index in [4.69, 9.17) is 5.84 Å². The molecule has 28 heavy (non-hydrogen) atoms. The molecule has 0 spiro atoms. The van der Waals surface area contributed by atoms with Crippen LogP contribution in [0.1, 0.15) is 86.7 Å². The normalized spacial score (nSPS) is 10.8. The van der Waals surface area contributed by atoms with Gasteiger partial charge in [0.15, 0.2) is 0 Å². The van der Waals surface area contributed by atoms with Gasteiger partial charge >= 0.3 is 0 Å². The van der Waals surface area contributed by atoms with Crippen LogP contribution in [0.4, 0.5) is 5.69 Å². The number of hydrazine groups is 1. The van der Waals surface area contributed by atoms with Gasteiger partial charge < -0.3 is 0 Å². The van der Waals surface area contributed by atoms with Crippen LogP contribution >= 0.6 is 0 Å². The Bertz CT molecular complexity index is 691.